The number of hydrogen-bond acceptors (Lipinski definition) is 6. The van der Waals surface area contributed by atoms with E-state index in [-0.39, 0.29) is 17.3 Å². The third kappa shape index (κ3) is 6.28. The summed E-state index contributed by atoms with van der Waals surface area (Å²) in [7, 11) is 0. The number of benzene rings is 3. The number of halogens is 2. The smallest absolute Gasteiger partial charge is 0.419 e. The van der Waals surface area contributed by atoms with Crippen LogP contribution in [0.1, 0.15) is 52.1 Å². The molecule has 50 heavy (non-hydrogen) atoms. The summed E-state index contributed by atoms with van der Waals surface area (Å²) >= 11 is 7.69. The average molecular weight is 707 g/mol. The van der Waals surface area contributed by atoms with Crippen molar-refractivity contribution in [3.05, 3.63) is 124 Å². The van der Waals surface area contributed by atoms with Crippen LogP contribution < -0.4 is 10.2 Å². The van der Waals surface area contributed by atoms with Crippen LogP contribution in [0.2, 0.25) is 5.02 Å². The lowest BCUT2D eigenvalue weighted by molar-refractivity contribution is 0.0544. The van der Waals surface area contributed by atoms with Crippen LogP contribution in [0, 0.1) is 12.7 Å². The first-order valence-corrected chi connectivity index (χ1v) is 17.2. The lowest BCUT2D eigenvalue weighted by Gasteiger charge is -2.23. The standard InChI is InChI=1S/C39H32ClFN4O4S/c1-22-9-7-11-28(41)34(22)43-36(46)33-19-23-17-18-44(31-14-6-5-10-25(31)35(23)50-33)37(47)30-13-8-12-29(42-30)27-21-45(38(48)49-39(2,3)4)32-16-15-24(40)20-26(27)32/h5-16,19-21H,17-18H2,1-4H3,(H,43,46). The van der Waals surface area contributed by atoms with Gasteiger partial charge < -0.3 is 15.0 Å². The Morgan fingerprint density at radius 2 is 1.74 bits per heavy atom. The second-order valence-electron chi connectivity index (χ2n) is 13.0. The molecule has 0 aliphatic carbocycles. The maximum atomic E-state index is 14.5. The Bertz CT molecular complexity index is 2320. The Morgan fingerprint density at radius 1 is 0.960 bits per heavy atom. The molecule has 0 unspecified atom stereocenters. The first-order chi connectivity index (χ1) is 23.9. The highest BCUT2D eigenvalue weighted by Crippen LogP contribution is 2.42. The molecular weight excluding hydrogens is 675 g/mol. The number of hydrogen-bond donors (Lipinski definition) is 1. The second-order valence-corrected chi connectivity index (χ2v) is 14.5. The van der Waals surface area contributed by atoms with Crippen LogP contribution in [-0.2, 0) is 11.2 Å². The SMILES string of the molecule is Cc1cccc(F)c1NC(=O)c1cc2c(s1)-c1ccccc1N(C(=O)c1cccc(-c3cn(C(=O)OC(C)(C)C)c4ccc(Cl)cc34)n1)CC2. The molecule has 0 atom stereocenters. The van der Waals surface area contributed by atoms with Gasteiger partial charge in [0.1, 0.15) is 17.1 Å². The molecule has 1 N–H and O–H groups in total. The molecule has 4 heterocycles. The van der Waals surface area contributed by atoms with Gasteiger partial charge in [-0.25, -0.2) is 14.2 Å². The lowest BCUT2D eigenvalue weighted by atomic mass is 10.1. The summed E-state index contributed by atoms with van der Waals surface area (Å²) in [5.74, 6) is -1.18. The number of aromatic nitrogens is 2. The molecule has 0 radical (unpaired) electrons. The van der Waals surface area contributed by atoms with Gasteiger partial charge in [-0.1, -0.05) is 48.0 Å². The fourth-order valence-electron chi connectivity index (χ4n) is 6.09. The predicted molar refractivity (Wildman–Crippen MR) is 196 cm³/mol. The Hall–Kier alpha value is -5.32. The minimum absolute atomic E-state index is 0.158. The number of thiophene rings is 1. The third-order valence-corrected chi connectivity index (χ3v) is 9.83. The number of nitrogens with zero attached hydrogens (tertiary/aromatic N) is 3. The van der Waals surface area contributed by atoms with Gasteiger partial charge in [0.05, 0.1) is 27.5 Å². The van der Waals surface area contributed by atoms with Crippen molar-refractivity contribution in [2.24, 2.45) is 0 Å². The van der Waals surface area contributed by atoms with Crippen LogP contribution in [0.5, 0.6) is 0 Å². The van der Waals surface area contributed by atoms with Gasteiger partial charge in [0.25, 0.3) is 11.8 Å². The molecule has 1 aliphatic heterocycles. The number of carbonyl (C=O) groups excluding carboxylic acids is 3. The van der Waals surface area contributed by atoms with Crippen LogP contribution in [0.3, 0.4) is 0 Å². The van der Waals surface area contributed by atoms with E-state index in [1.807, 2.05) is 30.3 Å². The molecule has 11 heteroatoms. The molecule has 0 bridgehead atoms. The van der Waals surface area contributed by atoms with Gasteiger partial charge in [-0.15, -0.1) is 11.3 Å². The number of carbonyl (C=O) groups is 3. The number of aryl methyl sites for hydroxylation is 1. The highest BCUT2D eigenvalue weighted by molar-refractivity contribution is 7.17. The van der Waals surface area contributed by atoms with Crippen LogP contribution in [0.4, 0.5) is 20.6 Å². The van der Waals surface area contributed by atoms with Crippen LogP contribution >= 0.6 is 22.9 Å². The van der Waals surface area contributed by atoms with Gasteiger partial charge in [-0.05, 0) is 93.8 Å². The summed E-state index contributed by atoms with van der Waals surface area (Å²) in [4.78, 5) is 48.5. The van der Waals surface area contributed by atoms with E-state index in [0.717, 1.165) is 16.0 Å². The number of rotatable bonds is 4. The summed E-state index contributed by atoms with van der Waals surface area (Å²) in [5, 5.41) is 3.91. The monoisotopic (exact) mass is 706 g/mol. The molecule has 7 rings (SSSR count). The Labute approximate surface area is 297 Å². The zero-order valence-electron chi connectivity index (χ0n) is 27.7. The molecule has 0 saturated heterocycles. The maximum Gasteiger partial charge on any atom is 0.419 e. The molecule has 0 saturated carbocycles. The number of ether oxygens (including phenoxy) is 1. The summed E-state index contributed by atoms with van der Waals surface area (Å²) in [6.45, 7) is 7.49. The van der Waals surface area contributed by atoms with Crippen molar-refractivity contribution in [3.8, 4) is 21.7 Å². The van der Waals surface area contributed by atoms with Gasteiger partial charge in [0, 0.05) is 39.2 Å². The van der Waals surface area contributed by atoms with E-state index in [0.29, 0.717) is 56.3 Å². The first-order valence-electron chi connectivity index (χ1n) is 16.0. The van der Waals surface area contributed by atoms with E-state index in [1.165, 1.54) is 22.0 Å². The van der Waals surface area contributed by atoms with Crippen molar-refractivity contribution >= 4 is 63.1 Å². The summed E-state index contributed by atoms with van der Waals surface area (Å²) in [5.41, 5.74) is 4.45. The van der Waals surface area contributed by atoms with E-state index < -0.39 is 23.4 Å². The van der Waals surface area contributed by atoms with E-state index >= 15 is 0 Å². The van der Waals surface area contributed by atoms with E-state index in [4.69, 9.17) is 21.3 Å². The van der Waals surface area contributed by atoms with Gasteiger partial charge in [-0.2, -0.15) is 0 Å². The minimum atomic E-state index is -0.702. The molecule has 1 aliphatic rings. The normalized spacial score (nSPS) is 12.6. The highest BCUT2D eigenvalue weighted by Gasteiger charge is 2.29. The third-order valence-electron chi connectivity index (χ3n) is 8.38. The molecule has 3 aromatic carbocycles. The number of amides is 2. The molecule has 8 nitrogen and oxygen atoms in total. The molecule has 2 amide bonds. The summed E-state index contributed by atoms with van der Waals surface area (Å²) in [6, 6.07) is 24.5. The largest absolute Gasteiger partial charge is 0.443 e. The predicted octanol–water partition coefficient (Wildman–Crippen LogP) is 9.77. The maximum absolute atomic E-state index is 14.5. The van der Waals surface area contributed by atoms with Crippen LogP contribution in [0.15, 0.2) is 91.1 Å². The molecule has 252 valence electrons. The fourth-order valence-corrected chi connectivity index (χ4v) is 7.41. The second kappa shape index (κ2) is 12.9. The number of nitrogens with one attached hydrogen (secondary N) is 1. The van der Waals surface area contributed by atoms with Crippen molar-refractivity contribution < 1.29 is 23.5 Å². The molecule has 3 aromatic heterocycles. The summed E-state index contributed by atoms with van der Waals surface area (Å²) in [6.07, 6.45) is 1.60. The van der Waals surface area contributed by atoms with Crippen molar-refractivity contribution in [1.29, 1.82) is 0 Å². The molecular formula is C39H32ClFN4O4S. The molecule has 0 spiro atoms. The van der Waals surface area contributed by atoms with Crippen molar-refractivity contribution in [3.63, 3.8) is 0 Å². The zero-order valence-corrected chi connectivity index (χ0v) is 29.3. The van der Waals surface area contributed by atoms with Crippen molar-refractivity contribution in [1.82, 2.24) is 9.55 Å². The summed E-state index contributed by atoms with van der Waals surface area (Å²) < 4.78 is 21.6. The van der Waals surface area contributed by atoms with Crippen LogP contribution in [-0.4, -0.2) is 39.6 Å². The molecule has 0 fully saturated rings. The average Bonchev–Trinajstić information content (AvgIpc) is 3.64. The quantitative estimate of drug-likeness (QED) is 0.197. The fraction of sp³-hybridized carbons (Fsp3) is 0.179. The molecule has 6 aromatic rings. The number of para-hydroxylation sites is 2. The Morgan fingerprint density at radius 3 is 2.52 bits per heavy atom. The topological polar surface area (TPSA) is 93.5 Å². The first kappa shape index (κ1) is 33.2. The van der Waals surface area contributed by atoms with E-state index in [1.54, 1.807) is 87.3 Å². The number of anilines is 2. The minimum Gasteiger partial charge on any atom is -0.443 e. The highest BCUT2D eigenvalue weighted by atomic mass is 35.5. The van der Waals surface area contributed by atoms with Crippen molar-refractivity contribution in [2.75, 3.05) is 16.8 Å². The Kier molecular flexibility index (Phi) is 8.53. The number of fused-ring (bicyclic) bond motifs is 4. The van der Waals surface area contributed by atoms with Gasteiger partial charge in [0.2, 0.25) is 0 Å². The lowest BCUT2D eigenvalue weighted by Crippen LogP contribution is -2.33. The van der Waals surface area contributed by atoms with E-state index in [9.17, 15) is 18.8 Å². The van der Waals surface area contributed by atoms with Gasteiger partial charge in [0.15, 0.2) is 0 Å². The van der Waals surface area contributed by atoms with Gasteiger partial charge in [-0.3, -0.25) is 14.2 Å². The zero-order chi connectivity index (χ0) is 35.3. The van der Waals surface area contributed by atoms with E-state index in [2.05, 4.69) is 5.32 Å². The Balaban J connectivity index is 1.21. The van der Waals surface area contributed by atoms with Crippen LogP contribution in [0.25, 0.3) is 32.6 Å². The number of pyridine rings is 1. The van der Waals surface area contributed by atoms with Crippen molar-refractivity contribution in [2.45, 2.75) is 39.7 Å². The van der Waals surface area contributed by atoms with Gasteiger partial charge >= 0.3 is 6.09 Å².